The van der Waals surface area contributed by atoms with E-state index in [1.54, 1.807) is 19.5 Å². The molecule has 0 saturated carbocycles. The SMILES string of the molecule is COCc1cccc(C(=O)NCCCN2CCN(c3ncccn3)CC2)c1. The molecule has 7 nitrogen and oxygen atoms in total. The predicted octanol–water partition coefficient (Wildman–Crippen LogP) is 1.57. The number of nitrogens with one attached hydrogen (secondary N) is 1. The number of carbonyl (C=O) groups excluding carboxylic acids is 1. The first kappa shape index (κ1) is 19.3. The lowest BCUT2D eigenvalue weighted by atomic mass is 10.1. The molecule has 27 heavy (non-hydrogen) atoms. The lowest BCUT2D eigenvalue weighted by molar-refractivity contribution is 0.0951. The highest BCUT2D eigenvalue weighted by molar-refractivity contribution is 5.94. The number of methoxy groups -OCH3 is 1. The Balaban J connectivity index is 1.35. The van der Waals surface area contributed by atoms with Gasteiger partial charge < -0.3 is 15.0 Å². The van der Waals surface area contributed by atoms with E-state index in [4.69, 9.17) is 4.74 Å². The fourth-order valence-corrected chi connectivity index (χ4v) is 3.20. The normalized spacial score (nSPS) is 14.9. The largest absolute Gasteiger partial charge is 0.380 e. The molecular formula is C20H27N5O2. The highest BCUT2D eigenvalue weighted by Crippen LogP contribution is 2.10. The van der Waals surface area contributed by atoms with Crippen LogP contribution >= 0.6 is 0 Å². The fourth-order valence-electron chi connectivity index (χ4n) is 3.20. The van der Waals surface area contributed by atoms with Gasteiger partial charge in [0.25, 0.3) is 5.91 Å². The average Bonchev–Trinajstić information content (AvgIpc) is 2.72. The maximum absolute atomic E-state index is 12.3. The van der Waals surface area contributed by atoms with Crippen molar-refractivity contribution in [2.45, 2.75) is 13.0 Å². The summed E-state index contributed by atoms with van der Waals surface area (Å²) in [6.07, 6.45) is 4.50. The molecule has 2 aromatic rings. The number of rotatable bonds is 8. The molecule has 2 heterocycles. The number of carbonyl (C=O) groups is 1. The third-order valence-electron chi connectivity index (χ3n) is 4.64. The highest BCUT2D eigenvalue weighted by atomic mass is 16.5. The first-order chi connectivity index (χ1) is 13.3. The molecule has 0 radical (unpaired) electrons. The van der Waals surface area contributed by atoms with Gasteiger partial charge in [-0.3, -0.25) is 9.69 Å². The van der Waals surface area contributed by atoms with Crippen molar-refractivity contribution in [2.75, 3.05) is 51.3 Å². The molecule has 0 unspecified atom stereocenters. The van der Waals surface area contributed by atoms with E-state index in [0.29, 0.717) is 18.7 Å². The number of anilines is 1. The average molecular weight is 369 g/mol. The number of aromatic nitrogens is 2. The number of hydrogen-bond acceptors (Lipinski definition) is 6. The van der Waals surface area contributed by atoms with Crippen molar-refractivity contribution in [1.82, 2.24) is 20.2 Å². The minimum atomic E-state index is -0.0287. The molecule has 3 rings (SSSR count). The smallest absolute Gasteiger partial charge is 0.251 e. The summed E-state index contributed by atoms with van der Waals surface area (Å²) in [4.78, 5) is 25.5. The van der Waals surface area contributed by atoms with Crippen LogP contribution in [0.1, 0.15) is 22.3 Å². The van der Waals surface area contributed by atoms with Crippen molar-refractivity contribution < 1.29 is 9.53 Å². The van der Waals surface area contributed by atoms with Gasteiger partial charge in [0.1, 0.15) is 0 Å². The van der Waals surface area contributed by atoms with Crippen molar-refractivity contribution in [3.63, 3.8) is 0 Å². The summed E-state index contributed by atoms with van der Waals surface area (Å²) in [6.45, 7) is 6.02. The van der Waals surface area contributed by atoms with Gasteiger partial charge in [-0.05, 0) is 36.7 Å². The lowest BCUT2D eigenvalue weighted by Crippen LogP contribution is -2.47. The molecule has 1 fully saturated rings. The highest BCUT2D eigenvalue weighted by Gasteiger charge is 2.18. The third-order valence-corrected chi connectivity index (χ3v) is 4.64. The third kappa shape index (κ3) is 5.74. The number of piperazine rings is 1. The Kier molecular flexibility index (Phi) is 7.12. The van der Waals surface area contributed by atoms with Crippen LogP contribution in [-0.2, 0) is 11.3 Å². The molecule has 1 aliphatic heterocycles. The van der Waals surface area contributed by atoms with Gasteiger partial charge in [-0.25, -0.2) is 9.97 Å². The van der Waals surface area contributed by atoms with E-state index in [-0.39, 0.29) is 5.91 Å². The van der Waals surface area contributed by atoms with Crippen LogP contribution in [0.3, 0.4) is 0 Å². The molecule has 1 aromatic carbocycles. The van der Waals surface area contributed by atoms with Gasteiger partial charge in [-0.15, -0.1) is 0 Å². The van der Waals surface area contributed by atoms with Gasteiger partial charge in [0.05, 0.1) is 6.61 Å². The molecule has 0 spiro atoms. The molecular weight excluding hydrogens is 342 g/mol. The molecule has 1 aliphatic rings. The van der Waals surface area contributed by atoms with Crippen LogP contribution in [-0.4, -0.2) is 67.2 Å². The summed E-state index contributed by atoms with van der Waals surface area (Å²) in [6, 6.07) is 9.39. The maximum Gasteiger partial charge on any atom is 0.251 e. The van der Waals surface area contributed by atoms with E-state index in [0.717, 1.165) is 50.7 Å². The molecule has 1 amide bonds. The molecule has 144 valence electrons. The fraction of sp³-hybridized carbons (Fsp3) is 0.450. The number of benzene rings is 1. The van der Waals surface area contributed by atoms with Gasteiger partial charge in [0.15, 0.2) is 0 Å². The van der Waals surface area contributed by atoms with E-state index in [9.17, 15) is 4.79 Å². The summed E-state index contributed by atoms with van der Waals surface area (Å²) in [5.41, 5.74) is 1.69. The van der Waals surface area contributed by atoms with Crippen LogP contribution < -0.4 is 10.2 Å². The number of amides is 1. The minimum absolute atomic E-state index is 0.0287. The molecule has 1 saturated heterocycles. The van der Waals surface area contributed by atoms with Crippen LogP contribution in [0.4, 0.5) is 5.95 Å². The Hall–Kier alpha value is -2.51. The molecule has 7 heteroatoms. The van der Waals surface area contributed by atoms with E-state index in [1.165, 1.54) is 0 Å². The summed E-state index contributed by atoms with van der Waals surface area (Å²) in [5, 5.41) is 3.01. The van der Waals surface area contributed by atoms with Gasteiger partial charge in [0.2, 0.25) is 5.95 Å². The van der Waals surface area contributed by atoms with E-state index >= 15 is 0 Å². The second kappa shape index (κ2) is 9.99. The molecule has 0 aliphatic carbocycles. The van der Waals surface area contributed by atoms with E-state index in [2.05, 4.69) is 25.1 Å². The van der Waals surface area contributed by atoms with Gasteiger partial charge in [-0.2, -0.15) is 0 Å². The van der Waals surface area contributed by atoms with Crippen LogP contribution in [0.25, 0.3) is 0 Å². The van der Waals surface area contributed by atoms with Crippen molar-refractivity contribution >= 4 is 11.9 Å². The Morgan fingerprint density at radius 2 is 1.93 bits per heavy atom. The molecule has 1 N–H and O–H groups in total. The maximum atomic E-state index is 12.3. The summed E-state index contributed by atoms with van der Waals surface area (Å²) in [7, 11) is 1.65. The van der Waals surface area contributed by atoms with Crippen LogP contribution in [0.5, 0.6) is 0 Å². The summed E-state index contributed by atoms with van der Waals surface area (Å²) >= 11 is 0. The molecule has 0 bridgehead atoms. The van der Waals surface area contributed by atoms with Gasteiger partial charge in [0, 0.05) is 57.8 Å². The first-order valence-corrected chi connectivity index (χ1v) is 9.36. The van der Waals surface area contributed by atoms with Gasteiger partial charge in [-0.1, -0.05) is 12.1 Å². The zero-order valence-electron chi connectivity index (χ0n) is 15.8. The van der Waals surface area contributed by atoms with Gasteiger partial charge >= 0.3 is 0 Å². The van der Waals surface area contributed by atoms with Crippen LogP contribution in [0, 0.1) is 0 Å². The van der Waals surface area contributed by atoms with E-state index < -0.39 is 0 Å². The lowest BCUT2D eigenvalue weighted by Gasteiger charge is -2.34. The second-order valence-electron chi connectivity index (χ2n) is 6.62. The Morgan fingerprint density at radius 3 is 2.67 bits per heavy atom. The number of nitrogens with zero attached hydrogens (tertiary/aromatic N) is 4. The van der Waals surface area contributed by atoms with E-state index in [1.807, 2.05) is 30.3 Å². The van der Waals surface area contributed by atoms with Crippen molar-refractivity contribution in [3.05, 3.63) is 53.9 Å². The second-order valence-corrected chi connectivity index (χ2v) is 6.62. The number of ether oxygens (including phenoxy) is 1. The predicted molar refractivity (Wildman–Crippen MR) is 105 cm³/mol. The first-order valence-electron chi connectivity index (χ1n) is 9.36. The van der Waals surface area contributed by atoms with Crippen molar-refractivity contribution in [1.29, 1.82) is 0 Å². The topological polar surface area (TPSA) is 70.6 Å². The van der Waals surface area contributed by atoms with Crippen LogP contribution in [0.15, 0.2) is 42.7 Å². The zero-order chi connectivity index (χ0) is 18.9. The summed E-state index contributed by atoms with van der Waals surface area (Å²) < 4.78 is 5.12. The van der Waals surface area contributed by atoms with Crippen molar-refractivity contribution in [2.24, 2.45) is 0 Å². The summed E-state index contributed by atoms with van der Waals surface area (Å²) in [5.74, 6) is 0.777. The minimum Gasteiger partial charge on any atom is -0.380 e. The zero-order valence-corrected chi connectivity index (χ0v) is 15.8. The molecule has 0 atom stereocenters. The van der Waals surface area contributed by atoms with Crippen molar-refractivity contribution in [3.8, 4) is 0 Å². The Bertz CT molecular complexity index is 717. The van der Waals surface area contributed by atoms with Crippen LogP contribution in [0.2, 0.25) is 0 Å². The standard InChI is InChI=1S/C20H27N5O2/c1-27-16-17-5-2-6-18(15-17)19(26)21-9-4-10-24-11-13-25(14-12-24)20-22-7-3-8-23-20/h2-3,5-8,15H,4,9-14,16H2,1H3,(H,21,26). The Labute approximate surface area is 160 Å². The monoisotopic (exact) mass is 369 g/mol. The number of hydrogen-bond donors (Lipinski definition) is 1. The molecule has 1 aromatic heterocycles. The quantitative estimate of drug-likeness (QED) is 0.712. The Morgan fingerprint density at radius 1 is 1.15 bits per heavy atom.